The lowest BCUT2D eigenvalue weighted by atomic mass is 10.1. The standard InChI is InChI=1S/C13H18O3/c1-10(14)12-4-2-3-5-13(12)16-9-15-8-11-6-7-11/h2-5,10-11,14H,6-9H2,1H3/t10-/m0/s1. The summed E-state index contributed by atoms with van der Waals surface area (Å²) in [5.41, 5.74) is 0.803. The molecule has 0 saturated heterocycles. The van der Waals surface area contributed by atoms with Gasteiger partial charge in [-0.3, -0.25) is 0 Å². The zero-order valence-corrected chi connectivity index (χ0v) is 9.56. The fourth-order valence-corrected chi connectivity index (χ4v) is 1.56. The second-order valence-corrected chi connectivity index (χ2v) is 4.29. The second kappa shape index (κ2) is 5.32. The predicted molar refractivity (Wildman–Crippen MR) is 61.2 cm³/mol. The van der Waals surface area contributed by atoms with Crippen molar-refractivity contribution in [3.8, 4) is 5.75 Å². The number of hydrogen-bond donors (Lipinski definition) is 1. The molecule has 88 valence electrons. The number of ether oxygens (including phenoxy) is 2. The third-order valence-electron chi connectivity index (χ3n) is 2.72. The van der Waals surface area contributed by atoms with E-state index >= 15 is 0 Å². The van der Waals surface area contributed by atoms with Crippen LogP contribution in [0.25, 0.3) is 0 Å². The molecule has 1 N–H and O–H groups in total. The number of benzene rings is 1. The van der Waals surface area contributed by atoms with Gasteiger partial charge in [0.15, 0.2) is 6.79 Å². The molecule has 0 bridgehead atoms. The number of aliphatic hydroxyl groups excluding tert-OH is 1. The van der Waals surface area contributed by atoms with E-state index < -0.39 is 6.10 Å². The van der Waals surface area contributed by atoms with Crippen molar-refractivity contribution in [2.45, 2.75) is 25.9 Å². The van der Waals surface area contributed by atoms with Crippen LogP contribution in [-0.2, 0) is 4.74 Å². The van der Waals surface area contributed by atoms with E-state index in [1.165, 1.54) is 12.8 Å². The first-order valence-electron chi connectivity index (χ1n) is 5.75. The molecule has 0 unspecified atom stereocenters. The van der Waals surface area contributed by atoms with E-state index in [1.807, 2.05) is 24.3 Å². The van der Waals surface area contributed by atoms with Crippen LogP contribution in [0.15, 0.2) is 24.3 Å². The van der Waals surface area contributed by atoms with Crippen molar-refractivity contribution in [1.82, 2.24) is 0 Å². The molecule has 16 heavy (non-hydrogen) atoms. The van der Waals surface area contributed by atoms with E-state index in [4.69, 9.17) is 9.47 Å². The first-order chi connectivity index (χ1) is 7.77. The van der Waals surface area contributed by atoms with E-state index in [2.05, 4.69) is 0 Å². The Morgan fingerprint density at radius 3 is 2.81 bits per heavy atom. The topological polar surface area (TPSA) is 38.7 Å². The molecule has 1 atom stereocenters. The molecule has 3 nitrogen and oxygen atoms in total. The molecule has 1 aromatic rings. The van der Waals surface area contributed by atoms with Crippen LogP contribution in [-0.4, -0.2) is 18.5 Å². The molecular formula is C13H18O3. The fraction of sp³-hybridized carbons (Fsp3) is 0.538. The van der Waals surface area contributed by atoms with Gasteiger partial charge in [-0.15, -0.1) is 0 Å². The summed E-state index contributed by atoms with van der Waals surface area (Å²) in [5, 5.41) is 9.54. The summed E-state index contributed by atoms with van der Waals surface area (Å²) in [5.74, 6) is 1.45. The van der Waals surface area contributed by atoms with Gasteiger partial charge < -0.3 is 14.6 Å². The molecule has 1 fully saturated rings. The summed E-state index contributed by atoms with van der Waals surface area (Å²) in [7, 11) is 0. The molecule has 0 heterocycles. The Labute approximate surface area is 96.0 Å². The third kappa shape index (κ3) is 3.22. The lowest BCUT2D eigenvalue weighted by molar-refractivity contribution is 0.00831. The van der Waals surface area contributed by atoms with Gasteiger partial charge >= 0.3 is 0 Å². The van der Waals surface area contributed by atoms with E-state index in [-0.39, 0.29) is 6.79 Å². The molecular weight excluding hydrogens is 204 g/mol. The Morgan fingerprint density at radius 1 is 1.38 bits per heavy atom. The van der Waals surface area contributed by atoms with Crippen LogP contribution in [0, 0.1) is 5.92 Å². The van der Waals surface area contributed by atoms with Crippen molar-refractivity contribution in [3.05, 3.63) is 29.8 Å². The smallest absolute Gasteiger partial charge is 0.189 e. The molecule has 1 aliphatic carbocycles. The SMILES string of the molecule is C[C@H](O)c1ccccc1OCOCC1CC1. The maximum atomic E-state index is 9.54. The summed E-state index contributed by atoms with van der Waals surface area (Å²) in [6.07, 6.45) is 2.05. The van der Waals surface area contributed by atoms with Crippen molar-refractivity contribution in [2.24, 2.45) is 5.92 Å². The van der Waals surface area contributed by atoms with Crippen LogP contribution in [0.1, 0.15) is 31.4 Å². The van der Waals surface area contributed by atoms with Gasteiger partial charge in [0.25, 0.3) is 0 Å². The van der Waals surface area contributed by atoms with Crippen LogP contribution in [0.5, 0.6) is 5.75 Å². The van der Waals surface area contributed by atoms with Crippen LogP contribution in [0.4, 0.5) is 0 Å². The summed E-state index contributed by atoms with van der Waals surface area (Å²) < 4.78 is 10.9. The largest absolute Gasteiger partial charge is 0.467 e. The Bertz CT molecular complexity index is 332. The summed E-state index contributed by atoms with van der Waals surface area (Å²) >= 11 is 0. The summed E-state index contributed by atoms with van der Waals surface area (Å²) in [6.45, 7) is 2.78. The first-order valence-corrected chi connectivity index (χ1v) is 5.75. The normalized spacial score (nSPS) is 17.1. The lowest BCUT2D eigenvalue weighted by Gasteiger charge is -2.13. The molecule has 0 amide bonds. The number of rotatable bonds is 6. The molecule has 1 aliphatic rings. The molecule has 0 radical (unpaired) electrons. The Hall–Kier alpha value is -1.06. The van der Waals surface area contributed by atoms with Crippen molar-refractivity contribution in [3.63, 3.8) is 0 Å². The van der Waals surface area contributed by atoms with Crippen molar-refractivity contribution < 1.29 is 14.6 Å². The second-order valence-electron chi connectivity index (χ2n) is 4.29. The molecule has 0 spiro atoms. The first kappa shape index (κ1) is 11.4. The Morgan fingerprint density at radius 2 is 2.12 bits per heavy atom. The maximum absolute atomic E-state index is 9.54. The number of para-hydroxylation sites is 1. The highest BCUT2D eigenvalue weighted by atomic mass is 16.7. The zero-order valence-electron chi connectivity index (χ0n) is 9.56. The van der Waals surface area contributed by atoms with Gasteiger partial charge in [0, 0.05) is 5.56 Å². The van der Waals surface area contributed by atoms with E-state index in [0.717, 1.165) is 18.1 Å². The Balaban J connectivity index is 1.82. The van der Waals surface area contributed by atoms with Gasteiger partial charge in [-0.05, 0) is 31.7 Å². The van der Waals surface area contributed by atoms with E-state index in [9.17, 15) is 5.11 Å². The van der Waals surface area contributed by atoms with E-state index in [0.29, 0.717) is 5.75 Å². The molecule has 0 aliphatic heterocycles. The van der Waals surface area contributed by atoms with Gasteiger partial charge in [-0.1, -0.05) is 18.2 Å². The third-order valence-corrected chi connectivity index (χ3v) is 2.72. The van der Waals surface area contributed by atoms with Crippen molar-refractivity contribution >= 4 is 0 Å². The van der Waals surface area contributed by atoms with Crippen molar-refractivity contribution in [2.75, 3.05) is 13.4 Å². The predicted octanol–water partition coefficient (Wildman–Crippen LogP) is 2.50. The highest BCUT2D eigenvalue weighted by Gasteiger charge is 2.21. The van der Waals surface area contributed by atoms with Crippen LogP contribution in [0.3, 0.4) is 0 Å². The highest BCUT2D eigenvalue weighted by molar-refractivity contribution is 5.34. The highest BCUT2D eigenvalue weighted by Crippen LogP contribution is 2.29. The van der Waals surface area contributed by atoms with Crippen LogP contribution >= 0.6 is 0 Å². The van der Waals surface area contributed by atoms with E-state index in [1.54, 1.807) is 6.92 Å². The van der Waals surface area contributed by atoms with Crippen LogP contribution < -0.4 is 4.74 Å². The van der Waals surface area contributed by atoms with Gasteiger partial charge in [0.2, 0.25) is 0 Å². The van der Waals surface area contributed by atoms with Gasteiger partial charge in [0.1, 0.15) is 5.75 Å². The monoisotopic (exact) mass is 222 g/mol. The lowest BCUT2D eigenvalue weighted by Crippen LogP contribution is -2.07. The minimum Gasteiger partial charge on any atom is -0.467 e. The van der Waals surface area contributed by atoms with Crippen LogP contribution in [0.2, 0.25) is 0 Å². The number of aliphatic hydroxyl groups is 1. The molecule has 1 saturated carbocycles. The van der Waals surface area contributed by atoms with Gasteiger partial charge in [-0.25, -0.2) is 0 Å². The minimum atomic E-state index is -0.514. The summed E-state index contributed by atoms with van der Waals surface area (Å²) in [4.78, 5) is 0. The summed E-state index contributed by atoms with van der Waals surface area (Å²) in [6, 6.07) is 7.49. The molecule has 1 aromatic carbocycles. The minimum absolute atomic E-state index is 0.264. The Kier molecular flexibility index (Phi) is 3.80. The average molecular weight is 222 g/mol. The average Bonchev–Trinajstić information content (AvgIpc) is 3.08. The fourth-order valence-electron chi connectivity index (χ4n) is 1.56. The molecule has 3 heteroatoms. The number of hydrogen-bond acceptors (Lipinski definition) is 3. The van der Waals surface area contributed by atoms with Gasteiger partial charge in [-0.2, -0.15) is 0 Å². The quantitative estimate of drug-likeness (QED) is 0.593. The zero-order chi connectivity index (χ0) is 11.4. The molecule has 2 rings (SSSR count). The maximum Gasteiger partial charge on any atom is 0.189 e. The molecule has 0 aromatic heterocycles. The van der Waals surface area contributed by atoms with Crippen molar-refractivity contribution in [1.29, 1.82) is 0 Å². The van der Waals surface area contributed by atoms with Gasteiger partial charge in [0.05, 0.1) is 12.7 Å².